The van der Waals surface area contributed by atoms with Gasteiger partial charge in [-0.05, 0) is 70.6 Å². The normalized spacial score (nSPS) is 14.7. The topological polar surface area (TPSA) is 18.5 Å². The van der Waals surface area contributed by atoms with Gasteiger partial charge in [-0.3, -0.25) is 0 Å². The Kier molecular flexibility index (Phi) is 6.00. The van der Waals surface area contributed by atoms with Crippen LogP contribution in [-0.4, -0.2) is 44.7 Å². The van der Waals surface area contributed by atoms with Crippen molar-refractivity contribution in [1.29, 1.82) is 0 Å². The van der Waals surface area contributed by atoms with E-state index in [1.54, 1.807) is 12.1 Å². The largest absolute Gasteiger partial charge is 0.372 e. The number of halogens is 1. The number of anilines is 1. The molecule has 2 rings (SSSR count). The number of hydrogen-bond donors (Lipinski definition) is 1. The van der Waals surface area contributed by atoms with Crippen molar-refractivity contribution in [1.82, 2.24) is 10.2 Å². The van der Waals surface area contributed by atoms with E-state index in [0.29, 0.717) is 6.04 Å². The lowest BCUT2D eigenvalue weighted by Gasteiger charge is -2.26. The maximum Gasteiger partial charge on any atom is 0.123 e. The molecular formula is C17H28FN3. The molecule has 0 aromatic heterocycles. The summed E-state index contributed by atoms with van der Waals surface area (Å²) in [5.41, 5.74) is 2.25. The monoisotopic (exact) mass is 293 g/mol. The van der Waals surface area contributed by atoms with Crippen molar-refractivity contribution < 1.29 is 4.39 Å². The molecule has 1 N–H and O–H groups in total. The van der Waals surface area contributed by atoms with Gasteiger partial charge in [-0.15, -0.1) is 0 Å². The molecule has 118 valence electrons. The van der Waals surface area contributed by atoms with Gasteiger partial charge < -0.3 is 15.1 Å². The fourth-order valence-corrected chi connectivity index (χ4v) is 2.57. The second-order valence-corrected chi connectivity index (χ2v) is 6.16. The minimum atomic E-state index is -0.143. The summed E-state index contributed by atoms with van der Waals surface area (Å²) < 4.78 is 13.6. The Morgan fingerprint density at radius 3 is 2.62 bits per heavy atom. The van der Waals surface area contributed by atoms with Crippen molar-refractivity contribution in [3.8, 4) is 0 Å². The fraction of sp³-hybridized carbons (Fsp3) is 0.647. The molecule has 0 unspecified atom stereocenters. The van der Waals surface area contributed by atoms with E-state index >= 15 is 0 Å². The summed E-state index contributed by atoms with van der Waals surface area (Å²) in [5.74, 6) is -0.143. The molecule has 3 nitrogen and oxygen atoms in total. The van der Waals surface area contributed by atoms with Gasteiger partial charge in [0.05, 0.1) is 0 Å². The lowest BCUT2D eigenvalue weighted by atomic mass is 10.1. The third-order valence-electron chi connectivity index (χ3n) is 3.96. The van der Waals surface area contributed by atoms with Crippen LogP contribution in [0, 0.1) is 5.82 Å². The van der Waals surface area contributed by atoms with Crippen molar-refractivity contribution in [3.05, 3.63) is 29.6 Å². The molecule has 0 saturated heterocycles. The Labute approximate surface area is 128 Å². The third kappa shape index (κ3) is 5.29. The Morgan fingerprint density at radius 1 is 1.24 bits per heavy atom. The number of hydrogen-bond acceptors (Lipinski definition) is 3. The van der Waals surface area contributed by atoms with E-state index in [4.69, 9.17) is 0 Å². The summed E-state index contributed by atoms with van der Waals surface area (Å²) in [6, 6.07) is 5.83. The van der Waals surface area contributed by atoms with Crippen molar-refractivity contribution in [3.63, 3.8) is 0 Å². The van der Waals surface area contributed by atoms with Gasteiger partial charge in [0.15, 0.2) is 0 Å². The van der Waals surface area contributed by atoms with Crippen LogP contribution in [0.2, 0.25) is 0 Å². The summed E-state index contributed by atoms with van der Waals surface area (Å²) in [6.45, 7) is 5.97. The zero-order valence-corrected chi connectivity index (χ0v) is 13.5. The van der Waals surface area contributed by atoms with E-state index in [9.17, 15) is 4.39 Å². The Bertz CT molecular complexity index is 444. The molecule has 4 heteroatoms. The van der Waals surface area contributed by atoms with Gasteiger partial charge in [0, 0.05) is 31.4 Å². The van der Waals surface area contributed by atoms with E-state index in [-0.39, 0.29) is 5.82 Å². The van der Waals surface area contributed by atoms with Crippen molar-refractivity contribution in [2.45, 2.75) is 38.8 Å². The summed E-state index contributed by atoms with van der Waals surface area (Å²) >= 11 is 0. The van der Waals surface area contributed by atoms with Crippen molar-refractivity contribution >= 4 is 5.69 Å². The Balaban J connectivity index is 2.02. The number of rotatable bonds is 9. The van der Waals surface area contributed by atoms with E-state index in [0.717, 1.165) is 38.2 Å². The maximum absolute atomic E-state index is 13.6. The Morgan fingerprint density at radius 2 is 2.00 bits per heavy atom. The first-order chi connectivity index (χ1) is 10.1. The highest BCUT2D eigenvalue weighted by molar-refractivity contribution is 5.53. The predicted molar refractivity (Wildman–Crippen MR) is 87.3 cm³/mol. The molecular weight excluding hydrogens is 265 g/mol. The molecule has 1 aliphatic carbocycles. The first-order valence-electron chi connectivity index (χ1n) is 8.01. The van der Waals surface area contributed by atoms with Gasteiger partial charge in [-0.1, -0.05) is 0 Å². The van der Waals surface area contributed by atoms with Gasteiger partial charge in [0.1, 0.15) is 5.82 Å². The zero-order valence-electron chi connectivity index (χ0n) is 13.5. The molecule has 1 aromatic carbocycles. The van der Waals surface area contributed by atoms with Gasteiger partial charge in [-0.2, -0.15) is 0 Å². The predicted octanol–water partition coefficient (Wildman–Crippen LogP) is 2.86. The quantitative estimate of drug-likeness (QED) is 0.755. The van der Waals surface area contributed by atoms with Gasteiger partial charge in [0.25, 0.3) is 0 Å². The van der Waals surface area contributed by atoms with Crippen LogP contribution in [0.4, 0.5) is 10.1 Å². The molecule has 0 atom stereocenters. The van der Waals surface area contributed by atoms with Crippen LogP contribution in [0.3, 0.4) is 0 Å². The Hall–Kier alpha value is -1.13. The van der Waals surface area contributed by atoms with Crippen LogP contribution >= 0.6 is 0 Å². The molecule has 0 radical (unpaired) electrons. The van der Waals surface area contributed by atoms with E-state index in [2.05, 4.69) is 36.1 Å². The second-order valence-electron chi connectivity index (χ2n) is 6.16. The SMILES string of the molecule is CCN(CCCN(C)C)c1ccc(F)cc1CNC1CC1. The van der Waals surface area contributed by atoms with Crippen LogP contribution < -0.4 is 10.2 Å². The average Bonchev–Trinajstić information content (AvgIpc) is 3.26. The van der Waals surface area contributed by atoms with Gasteiger partial charge in [-0.25, -0.2) is 4.39 Å². The first-order valence-corrected chi connectivity index (χ1v) is 8.01. The highest BCUT2D eigenvalue weighted by Gasteiger charge is 2.21. The van der Waals surface area contributed by atoms with Crippen LogP contribution in [0.25, 0.3) is 0 Å². The highest BCUT2D eigenvalue weighted by atomic mass is 19.1. The van der Waals surface area contributed by atoms with Crippen LogP contribution in [-0.2, 0) is 6.54 Å². The zero-order chi connectivity index (χ0) is 15.2. The lowest BCUT2D eigenvalue weighted by Crippen LogP contribution is -2.29. The molecule has 0 bridgehead atoms. The second kappa shape index (κ2) is 7.76. The van der Waals surface area contributed by atoms with Crippen LogP contribution in [0.15, 0.2) is 18.2 Å². The maximum atomic E-state index is 13.6. The molecule has 21 heavy (non-hydrogen) atoms. The van der Waals surface area contributed by atoms with Gasteiger partial charge in [0.2, 0.25) is 0 Å². The molecule has 1 aromatic rings. The lowest BCUT2D eigenvalue weighted by molar-refractivity contribution is 0.400. The van der Waals surface area contributed by atoms with Crippen molar-refractivity contribution in [2.24, 2.45) is 0 Å². The molecule has 0 amide bonds. The molecule has 0 spiro atoms. The third-order valence-corrected chi connectivity index (χ3v) is 3.96. The van der Waals surface area contributed by atoms with Crippen LogP contribution in [0.1, 0.15) is 31.7 Å². The highest BCUT2D eigenvalue weighted by Crippen LogP contribution is 2.24. The molecule has 1 fully saturated rings. The molecule has 0 aliphatic heterocycles. The van der Waals surface area contributed by atoms with Crippen molar-refractivity contribution in [2.75, 3.05) is 38.6 Å². The summed E-state index contributed by atoms with van der Waals surface area (Å²) in [4.78, 5) is 4.56. The molecule has 1 saturated carbocycles. The molecule has 1 aliphatic rings. The van der Waals surface area contributed by atoms with E-state index in [1.165, 1.54) is 18.5 Å². The minimum absolute atomic E-state index is 0.143. The minimum Gasteiger partial charge on any atom is -0.372 e. The summed E-state index contributed by atoms with van der Waals surface area (Å²) in [7, 11) is 4.19. The van der Waals surface area contributed by atoms with Crippen LogP contribution in [0.5, 0.6) is 0 Å². The van der Waals surface area contributed by atoms with E-state index < -0.39 is 0 Å². The summed E-state index contributed by atoms with van der Waals surface area (Å²) in [5, 5.41) is 3.49. The average molecular weight is 293 g/mol. The number of nitrogens with one attached hydrogen (secondary N) is 1. The first kappa shape index (κ1) is 16.2. The summed E-state index contributed by atoms with van der Waals surface area (Å²) in [6.07, 6.45) is 3.63. The fourth-order valence-electron chi connectivity index (χ4n) is 2.57. The smallest absolute Gasteiger partial charge is 0.123 e. The van der Waals surface area contributed by atoms with E-state index in [1.807, 2.05) is 6.07 Å². The molecule has 0 heterocycles. The standard InChI is InChI=1S/C17H28FN3/c1-4-21(11-5-10-20(2)3)17-9-6-15(18)12-14(17)13-19-16-7-8-16/h6,9,12,16,19H,4-5,7-8,10-11,13H2,1-3H3. The van der Waals surface area contributed by atoms with Gasteiger partial charge >= 0.3 is 0 Å². The number of nitrogens with zero attached hydrogens (tertiary/aromatic N) is 2. The number of benzene rings is 1.